The second-order valence-corrected chi connectivity index (χ2v) is 8.97. The topological polar surface area (TPSA) is 0 Å². The fourth-order valence-electron chi connectivity index (χ4n) is 5.27. The predicted octanol–water partition coefficient (Wildman–Crippen LogP) is 7.84. The van der Waals surface area contributed by atoms with Gasteiger partial charge in [0.2, 0.25) is 0 Å². The number of rotatable bonds is 8. The van der Waals surface area contributed by atoms with Crippen LogP contribution in [0.15, 0.2) is 18.2 Å². The van der Waals surface area contributed by atoms with Crippen LogP contribution in [0.1, 0.15) is 114 Å². The van der Waals surface area contributed by atoms with Crippen molar-refractivity contribution in [1.29, 1.82) is 0 Å². The fourth-order valence-corrected chi connectivity index (χ4v) is 5.27. The Hall–Kier alpha value is -0.780. The van der Waals surface area contributed by atoms with Crippen molar-refractivity contribution < 1.29 is 0 Å². The summed E-state index contributed by atoms with van der Waals surface area (Å²) in [5, 5.41) is 0. The molecule has 0 spiro atoms. The van der Waals surface area contributed by atoms with Gasteiger partial charge in [0.15, 0.2) is 0 Å². The Bertz CT molecular complexity index is 507. The quantitative estimate of drug-likeness (QED) is 0.423. The third-order valence-corrected chi connectivity index (χ3v) is 7.17. The van der Waals surface area contributed by atoms with Crippen molar-refractivity contribution in [2.24, 2.45) is 11.8 Å². The van der Waals surface area contributed by atoms with Crippen LogP contribution in [0.4, 0.5) is 0 Å². The Morgan fingerprint density at radius 2 is 1.60 bits per heavy atom. The van der Waals surface area contributed by atoms with Gasteiger partial charge in [0, 0.05) is 0 Å². The minimum absolute atomic E-state index is 0.852. The summed E-state index contributed by atoms with van der Waals surface area (Å²) in [6.45, 7) is 4.66. The maximum atomic E-state index is 2.59. The summed E-state index contributed by atoms with van der Waals surface area (Å²) >= 11 is 0. The minimum Gasteiger partial charge on any atom is -0.0654 e. The van der Waals surface area contributed by atoms with Crippen molar-refractivity contribution in [2.75, 3.05) is 0 Å². The summed E-state index contributed by atoms with van der Waals surface area (Å²) in [7, 11) is 0. The normalized spacial score (nSPS) is 26.4. The van der Waals surface area contributed by atoms with Gasteiger partial charge in [-0.1, -0.05) is 77.0 Å². The summed E-state index contributed by atoms with van der Waals surface area (Å²) in [5.41, 5.74) is 5.00. The summed E-state index contributed by atoms with van der Waals surface area (Å²) in [5.74, 6) is 2.82. The van der Waals surface area contributed by atoms with Gasteiger partial charge < -0.3 is 0 Å². The van der Waals surface area contributed by atoms with Gasteiger partial charge in [-0.05, 0) is 79.4 Å². The molecule has 0 amide bonds. The molecule has 1 atom stereocenters. The predicted molar refractivity (Wildman–Crippen MR) is 110 cm³/mol. The highest BCUT2D eigenvalue weighted by atomic mass is 14.3. The molecule has 1 unspecified atom stereocenters. The van der Waals surface area contributed by atoms with Crippen molar-refractivity contribution in [3.05, 3.63) is 34.9 Å². The van der Waals surface area contributed by atoms with Gasteiger partial charge >= 0.3 is 0 Å². The van der Waals surface area contributed by atoms with Gasteiger partial charge in [-0.3, -0.25) is 0 Å². The second-order valence-electron chi connectivity index (χ2n) is 8.97. The van der Waals surface area contributed by atoms with Gasteiger partial charge in [-0.25, -0.2) is 0 Å². The van der Waals surface area contributed by atoms with E-state index in [2.05, 4.69) is 32.0 Å². The van der Waals surface area contributed by atoms with Crippen molar-refractivity contribution in [1.82, 2.24) is 0 Å². The molecule has 1 fully saturated rings. The summed E-state index contributed by atoms with van der Waals surface area (Å²) in [6, 6.07) is 7.55. The van der Waals surface area contributed by atoms with Crippen molar-refractivity contribution in [3.8, 4) is 0 Å². The van der Waals surface area contributed by atoms with Crippen LogP contribution in [0.5, 0.6) is 0 Å². The van der Waals surface area contributed by atoms with Crippen LogP contribution in [0.25, 0.3) is 0 Å². The Kier molecular flexibility index (Phi) is 7.44. The van der Waals surface area contributed by atoms with Crippen LogP contribution >= 0.6 is 0 Å². The summed E-state index contributed by atoms with van der Waals surface area (Å²) in [4.78, 5) is 0. The molecule has 0 aromatic heterocycles. The lowest BCUT2D eigenvalue weighted by molar-refractivity contribution is 0.301. The first-order valence-electron chi connectivity index (χ1n) is 11.4. The molecule has 0 heterocycles. The molecule has 2 aliphatic carbocycles. The van der Waals surface area contributed by atoms with Crippen molar-refractivity contribution >= 4 is 0 Å². The molecule has 1 aromatic rings. The molecule has 0 aliphatic heterocycles. The zero-order valence-electron chi connectivity index (χ0n) is 16.9. The number of fused-ring (bicyclic) bond motifs is 1. The maximum absolute atomic E-state index is 2.59. The lowest BCUT2D eigenvalue weighted by Crippen LogP contribution is -2.16. The molecule has 140 valence electrons. The Labute approximate surface area is 156 Å². The molecule has 0 bridgehead atoms. The number of hydrogen-bond acceptors (Lipinski definition) is 0. The Morgan fingerprint density at radius 3 is 2.36 bits per heavy atom. The van der Waals surface area contributed by atoms with E-state index in [0.29, 0.717) is 0 Å². The summed E-state index contributed by atoms with van der Waals surface area (Å²) in [6.07, 6.45) is 20.0. The molecule has 2 aliphatic rings. The molecule has 1 aromatic carbocycles. The van der Waals surface area contributed by atoms with E-state index in [0.717, 1.165) is 17.8 Å². The first kappa shape index (κ1) is 19.0. The van der Waals surface area contributed by atoms with E-state index in [-0.39, 0.29) is 0 Å². The van der Waals surface area contributed by atoms with E-state index in [1.165, 1.54) is 89.9 Å². The van der Waals surface area contributed by atoms with Crippen LogP contribution in [0, 0.1) is 11.8 Å². The zero-order chi connectivity index (χ0) is 17.5. The highest BCUT2D eigenvalue weighted by molar-refractivity contribution is 5.36. The first-order valence-corrected chi connectivity index (χ1v) is 11.4. The first-order chi connectivity index (χ1) is 12.3. The number of hydrogen-bond donors (Lipinski definition) is 0. The van der Waals surface area contributed by atoms with Crippen LogP contribution < -0.4 is 0 Å². The van der Waals surface area contributed by atoms with Crippen LogP contribution in [-0.4, -0.2) is 0 Å². The van der Waals surface area contributed by atoms with Gasteiger partial charge in [-0.15, -0.1) is 0 Å². The molecule has 3 rings (SSSR count). The van der Waals surface area contributed by atoms with E-state index in [1.54, 1.807) is 16.7 Å². The number of aryl methyl sites for hydroxylation is 1. The van der Waals surface area contributed by atoms with Gasteiger partial charge in [0.05, 0.1) is 0 Å². The number of benzene rings is 1. The molecular weight excluding hydrogens is 300 g/mol. The summed E-state index contributed by atoms with van der Waals surface area (Å²) < 4.78 is 0. The Balaban J connectivity index is 1.45. The smallest absolute Gasteiger partial charge is 0.0162 e. The second kappa shape index (κ2) is 9.79. The average Bonchev–Trinajstić information content (AvgIpc) is 2.67. The van der Waals surface area contributed by atoms with E-state index in [4.69, 9.17) is 0 Å². The van der Waals surface area contributed by atoms with Gasteiger partial charge in [0.25, 0.3) is 0 Å². The van der Waals surface area contributed by atoms with Crippen LogP contribution in [0.3, 0.4) is 0 Å². The van der Waals surface area contributed by atoms with E-state index >= 15 is 0 Å². The molecule has 0 saturated heterocycles. The van der Waals surface area contributed by atoms with E-state index in [9.17, 15) is 0 Å². The molecule has 0 N–H and O–H groups in total. The average molecular weight is 341 g/mol. The highest BCUT2D eigenvalue weighted by Crippen LogP contribution is 2.39. The van der Waals surface area contributed by atoms with Crippen LogP contribution in [0.2, 0.25) is 0 Å². The highest BCUT2D eigenvalue weighted by Gasteiger charge is 2.24. The lowest BCUT2D eigenvalue weighted by Gasteiger charge is -2.30. The molecular formula is C25H40. The standard InChI is InChI=1S/C25H40/c1-3-5-6-7-8-9-21-11-13-22(14-12-21)24-17-16-23-18-20(4-2)10-15-25(23)19-24/h16-17,19-22H,3-15,18H2,1-2H3/t20?,21-,22-. The molecule has 0 heteroatoms. The lowest BCUT2D eigenvalue weighted by atomic mass is 9.75. The van der Waals surface area contributed by atoms with Crippen molar-refractivity contribution in [2.45, 2.75) is 110 Å². The fraction of sp³-hybridized carbons (Fsp3) is 0.760. The Morgan fingerprint density at radius 1 is 0.800 bits per heavy atom. The van der Waals surface area contributed by atoms with Crippen LogP contribution in [-0.2, 0) is 12.8 Å². The molecule has 0 radical (unpaired) electrons. The number of unbranched alkanes of at least 4 members (excludes halogenated alkanes) is 4. The monoisotopic (exact) mass is 340 g/mol. The maximum Gasteiger partial charge on any atom is -0.0162 e. The molecule has 0 nitrogen and oxygen atoms in total. The third kappa shape index (κ3) is 5.35. The minimum atomic E-state index is 0.852. The molecule has 25 heavy (non-hydrogen) atoms. The largest absolute Gasteiger partial charge is 0.0654 e. The van der Waals surface area contributed by atoms with E-state index in [1.807, 2.05) is 0 Å². The van der Waals surface area contributed by atoms with Gasteiger partial charge in [-0.2, -0.15) is 0 Å². The molecule has 1 saturated carbocycles. The SMILES string of the molecule is CCCCCCC[C@H]1CC[C@H](c2ccc3c(c2)CCC(CC)C3)CC1. The van der Waals surface area contributed by atoms with E-state index < -0.39 is 0 Å². The third-order valence-electron chi connectivity index (χ3n) is 7.17. The van der Waals surface area contributed by atoms with Gasteiger partial charge in [0.1, 0.15) is 0 Å². The van der Waals surface area contributed by atoms with Crippen molar-refractivity contribution in [3.63, 3.8) is 0 Å². The zero-order valence-corrected chi connectivity index (χ0v) is 16.9.